The fourth-order valence-corrected chi connectivity index (χ4v) is 6.96. The number of aryl methyl sites for hydroxylation is 1. The molecule has 0 spiro atoms. The molecule has 5 heteroatoms. The van der Waals surface area contributed by atoms with Gasteiger partial charge in [0.15, 0.2) is 5.58 Å². The van der Waals surface area contributed by atoms with Gasteiger partial charge in [0.05, 0.1) is 16.8 Å². The number of phenols is 1. The standard InChI is InChI=1S/C46H41N3O2/c1-27-19-30(21-31(20-27)37-26-34(46(5,6)7)22-29-12-10-17-47-41(29)37)36-23-32(42-35-13-9-8-11-28(35)16-18-48-42)24-40-43(36)49-44(51-40)38-25-33(45(2,3)4)14-15-39(38)50/h8-26,50H,1-7H3. The van der Waals surface area contributed by atoms with Crippen LogP contribution in [0.5, 0.6) is 5.75 Å². The molecule has 5 nitrogen and oxygen atoms in total. The quantitative estimate of drug-likeness (QED) is 0.202. The average molecular weight is 668 g/mol. The van der Waals surface area contributed by atoms with Crippen molar-refractivity contribution in [1.82, 2.24) is 15.0 Å². The van der Waals surface area contributed by atoms with Crippen molar-refractivity contribution in [3.63, 3.8) is 0 Å². The van der Waals surface area contributed by atoms with Gasteiger partial charge in [0, 0.05) is 39.9 Å². The van der Waals surface area contributed by atoms with Gasteiger partial charge in [0.2, 0.25) is 5.89 Å². The molecule has 0 aliphatic heterocycles. The second kappa shape index (κ2) is 11.9. The molecule has 0 saturated heterocycles. The van der Waals surface area contributed by atoms with Gasteiger partial charge in [-0.05, 0) is 106 Å². The lowest BCUT2D eigenvalue weighted by molar-refractivity contribution is 0.473. The first kappa shape index (κ1) is 32.4. The monoisotopic (exact) mass is 667 g/mol. The van der Waals surface area contributed by atoms with Gasteiger partial charge in [0.1, 0.15) is 11.3 Å². The van der Waals surface area contributed by atoms with Gasteiger partial charge in [-0.1, -0.05) is 90.1 Å². The van der Waals surface area contributed by atoms with Crippen LogP contribution in [0, 0.1) is 6.92 Å². The molecule has 0 fully saturated rings. The molecule has 51 heavy (non-hydrogen) atoms. The molecule has 0 atom stereocenters. The third kappa shape index (κ3) is 5.93. The van der Waals surface area contributed by atoms with Crippen LogP contribution < -0.4 is 0 Å². The Bertz CT molecular complexity index is 2630. The number of rotatable bonds is 4. The van der Waals surface area contributed by atoms with Crippen LogP contribution in [0.2, 0.25) is 0 Å². The lowest BCUT2D eigenvalue weighted by Crippen LogP contribution is -2.11. The van der Waals surface area contributed by atoms with E-state index in [1.807, 2.05) is 54.9 Å². The lowest BCUT2D eigenvalue weighted by Gasteiger charge is -2.21. The van der Waals surface area contributed by atoms with Crippen molar-refractivity contribution in [2.45, 2.75) is 59.3 Å². The van der Waals surface area contributed by atoms with Gasteiger partial charge in [-0.15, -0.1) is 0 Å². The number of oxazole rings is 1. The van der Waals surface area contributed by atoms with E-state index in [9.17, 15) is 5.11 Å². The van der Waals surface area contributed by atoms with Crippen LogP contribution in [0.15, 0.2) is 120 Å². The number of pyridine rings is 2. The number of aromatic nitrogens is 3. The molecule has 0 aliphatic rings. The Hall–Kier alpha value is -5.81. The molecular weight excluding hydrogens is 627 g/mol. The molecule has 0 radical (unpaired) electrons. The second-order valence-electron chi connectivity index (χ2n) is 15.7. The van der Waals surface area contributed by atoms with Gasteiger partial charge in [0.25, 0.3) is 0 Å². The summed E-state index contributed by atoms with van der Waals surface area (Å²) < 4.78 is 6.59. The Morgan fingerprint density at radius 1 is 0.569 bits per heavy atom. The molecule has 5 aromatic carbocycles. The highest BCUT2D eigenvalue weighted by molar-refractivity contribution is 6.02. The van der Waals surface area contributed by atoms with E-state index in [1.54, 1.807) is 6.07 Å². The highest BCUT2D eigenvalue weighted by atomic mass is 16.3. The molecule has 0 unspecified atom stereocenters. The van der Waals surface area contributed by atoms with Crippen molar-refractivity contribution >= 4 is 32.8 Å². The molecule has 1 N–H and O–H groups in total. The van der Waals surface area contributed by atoms with Gasteiger partial charge < -0.3 is 9.52 Å². The Morgan fingerprint density at radius 2 is 1.27 bits per heavy atom. The minimum Gasteiger partial charge on any atom is -0.507 e. The minimum absolute atomic E-state index is 0.0373. The first-order valence-electron chi connectivity index (χ1n) is 17.5. The Kier molecular flexibility index (Phi) is 7.57. The summed E-state index contributed by atoms with van der Waals surface area (Å²) in [6, 6.07) is 35.6. The maximum atomic E-state index is 11.1. The molecule has 0 saturated carbocycles. The molecule has 3 aromatic heterocycles. The highest BCUT2D eigenvalue weighted by Gasteiger charge is 2.23. The number of aromatic hydroxyl groups is 1. The summed E-state index contributed by atoms with van der Waals surface area (Å²) in [5, 5.41) is 14.4. The number of hydrogen-bond donors (Lipinski definition) is 1. The molecule has 0 bridgehead atoms. The first-order chi connectivity index (χ1) is 24.3. The minimum atomic E-state index is -0.117. The lowest BCUT2D eigenvalue weighted by atomic mass is 9.83. The summed E-state index contributed by atoms with van der Waals surface area (Å²) in [4.78, 5) is 14.8. The van der Waals surface area contributed by atoms with E-state index in [2.05, 4.69) is 103 Å². The van der Waals surface area contributed by atoms with Crippen LogP contribution in [0.3, 0.4) is 0 Å². The van der Waals surface area contributed by atoms with Crippen LogP contribution in [-0.4, -0.2) is 20.1 Å². The summed E-state index contributed by atoms with van der Waals surface area (Å²) in [5.41, 5.74) is 12.1. The zero-order chi connectivity index (χ0) is 35.7. The number of nitrogens with zero attached hydrogens (tertiary/aromatic N) is 3. The van der Waals surface area contributed by atoms with Crippen LogP contribution >= 0.6 is 0 Å². The summed E-state index contributed by atoms with van der Waals surface area (Å²) in [7, 11) is 0. The Labute approximate surface area is 298 Å². The first-order valence-corrected chi connectivity index (χ1v) is 17.5. The number of benzene rings is 5. The van der Waals surface area contributed by atoms with Crippen molar-refractivity contribution in [2.75, 3.05) is 0 Å². The van der Waals surface area contributed by atoms with E-state index >= 15 is 0 Å². The fraction of sp³-hybridized carbons (Fsp3) is 0.196. The van der Waals surface area contributed by atoms with Crippen LogP contribution in [-0.2, 0) is 10.8 Å². The zero-order valence-electron chi connectivity index (χ0n) is 30.2. The van der Waals surface area contributed by atoms with Crippen molar-refractivity contribution in [3.8, 4) is 50.7 Å². The third-order valence-corrected chi connectivity index (χ3v) is 9.81. The van der Waals surface area contributed by atoms with E-state index in [1.165, 1.54) is 5.56 Å². The van der Waals surface area contributed by atoms with Gasteiger partial charge in [-0.2, -0.15) is 0 Å². The van der Waals surface area contributed by atoms with Crippen molar-refractivity contribution in [2.24, 2.45) is 0 Å². The second-order valence-corrected chi connectivity index (χ2v) is 15.7. The predicted molar refractivity (Wildman–Crippen MR) is 210 cm³/mol. The summed E-state index contributed by atoms with van der Waals surface area (Å²) in [6.45, 7) is 15.3. The van der Waals surface area contributed by atoms with Gasteiger partial charge >= 0.3 is 0 Å². The highest BCUT2D eigenvalue weighted by Crippen LogP contribution is 2.42. The molecule has 8 aromatic rings. The summed E-state index contributed by atoms with van der Waals surface area (Å²) in [6.07, 6.45) is 3.72. The van der Waals surface area contributed by atoms with Gasteiger partial charge in [-0.3, -0.25) is 9.97 Å². The van der Waals surface area contributed by atoms with Crippen LogP contribution in [0.4, 0.5) is 0 Å². The molecule has 0 aliphatic carbocycles. The van der Waals surface area contributed by atoms with Crippen molar-refractivity contribution < 1.29 is 9.52 Å². The largest absolute Gasteiger partial charge is 0.507 e. The van der Waals surface area contributed by atoms with Gasteiger partial charge in [-0.25, -0.2) is 4.98 Å². The predicted octanol–water partition coefficient (Wildman–Crippen LogP) is 12.2. The number of hydrogen-bond acceptors (Lipinski definition) is 5. The molecule has 8 rings (SSSR count). The molecular formula is C46H41N3O2. The fourth-order valence-electron chi connectivity index (χ4n) is 6.96. The van der Waals surface area contributed by atoms with E-state index in [4.69, 9.17) is 19.4 Å². The molecule has 0 amide bonds. The van der Waals surface area contributed by atoms with E-state index in [-0.39, 0.29) is 16.6 Å². The summed E-state index contributed by atoms with van der Waals surface area (Å²) in [5.74, 6) is 0.502. The SMILES string of the molecule is Cc1cc(-c2cc(C(C)(C)C)cc3cccnc23)cc(-c2cc(-c3nccc4ccccc34)cc3oc(-c4cc(C(C)(C)C)ccc4O)nc23)c1. The molecule has 252 valence electrons. The van der Waals surface area contributed by atoms with Crippen LogP contribution in [0.25, 0.3) is 77.7 Å². The van der Waals surface area contributed by atoms with Crippen molar-refractivity contribution in [3.05, 3.63) is 132 Å². The summed E-state index contributed by atoms with van der Waals surface area (Å²) >= 11 is 0. The third-order valence-electron chi connectivity index (χ3n) is 9.81. The van der Waals surface area contributed by atoms with E-state index in [0.717, 1.165) is 71.8 Å². The number of fused-ring (bicyclic) bond motifs is 3. The topological polar surface area (TPSA) is 72.0 Å². The number of phenolic OH excluding ortho intramolecular Hbond substituents is 1. The maximum Gasteiger partial charge on any atom is 0.231 e. The smallest absolute Gasteiger partial charge is 0.231 e. The van der Waals surface area contributed by atoms with Crippen LogP contribution in [0.1, 0.15) is 58.2 Å². The Morgan fingerprint density at radius 3 is 2.04 bits per heavy atom. The van der Waals surface area contributed by atoms with E-state index < -0.39 is 0 Å². The Balaban J connectivity index is 1.40. The molecule has 3 heterocycles. The normalized spacial score (nSPS) is 12.3. The maximum absolute atomic E-state index is 11.1. The average Bonchev–Trinajstić information content (AvgIpc) is 3.53. The van der Waals surface area contributed by atoms with E-state index in [0.29, 0.717) is 17.0 Å². The van der Waals surface area contributed by atoms with Crippen molar-refractivity contribution in [1.29, 1.82) is 0 Å². The zero-order valence-corrected chi connectivity index (χ0v) is 30.2.